The molecule has 0 aromatic heterocycles. The van der Waals surface area contributed by atoms with Gasteiger partial charge in [0, 0.05) is 6.04 Å². The van der Waals surface area contributed by atoms with Gasteiger partial charge in [0.05, 0.1) is 0 Å². The Bertz CT molecular complexity index is 412. The average molecular weight is 273 g/mol. The molecule has 1 aromatic carbocycles. The maximum absolute atomic E-state index is 6.39. The van der Waals surface area contributed by atoms with Crippen LogP contribution in [0.15, 0.2) is 24.3 Å². The SMILES string of the molecule is CCc1ccc(CC2CC(C(C)(C)C)CCC2N)cc1. The lowest BCUT2D eigenvalue weighted by Crippen LogP contribution is -2.40. The second-order valence-corrected chi connectivity index (χ2v) is 7.67. The number of hydrogen-bond donors (Lipinski definition) is 1. The second kappa shape index (κ2) is 6.30. The molecule has 0 aliphatic heterocycles. The molecule has 3 atom stereocenters. The molecule has 1 aromatic rings. The summed E-state index contributed by atoms with van der Waals surface area (Å²) in [7, 11) is 0. The van der Waals surface area contributed by atoms with Gasteiger partial charge in [-0.2, -0.15) is 0 Å². The molecular weight excluding hydrogens is 242 g/mol. The molecule has 1 aliphatic rings. The molecule has 1 nitrogen and oxygen atoms in total. The molecule has 1 fully saturated rings. The van der Waals surface area contributed by atoms with E-state index in [-0.39, 0.29) is 0 Å². The maximum atomic E-state index is 6.39. The van der Waals surface area contributed by atoms with Gasteiger partial charge in [0.1, 0.15) is 0 Å². The molecule has 0 spiro atoms. The van der Waals surface area contributed by atoms with Crippen molar-refractivity contribution in [2.24, 2.45) is 23.0 Å². The van der Waals surface area contributed by atoms with E-state index in [2.05, 4.69) is 52.0 Å². The van der Waals surface area contributed by atoms with Gasteiger partial charge in [-0.15, -0.1) is 0 Å². The van der Waals surface area contributed by atoms with E-state index in [4.69, 9.17) is 5.73 Å². The van der Waals surface area contributed by atoms with Crippen molar-refractivity contribution in [1.29, 1.82) is 0 Å². The minimum absolute atomic E-state index is 0.388. The van der Waals surface area contributed by atoms with Gasteiger partial charge in [-0.05, 0) is 60.5 Å². The first kappa shape index (κ1) is 15.6. The fourth-order valence-electron chi connectivity index (χ4n) is 3.52. The van der Waals surface area contributed by atoms with Gasteiger partial charge in [0.25, 0.3) is 0 Å². The van der Waals surface area contributed by atoms with Gasteiger partial charge in [0.15, 0.2) is 0 Å². The second-order valence-electron chi connectivity index (χ2n) is 7.67. The summed E-state index contributed by atoms with van der Waals surface area (Å²) in [5, 5.41) is 0. The summed E-state index contributed by atoms with van der Waals surface area (Å²) in [5.74, 6) is 1.47. The minimum Gasteiger partial charge on any atom is -0.327 e. The third-order valence-corrected chi connectivity index (χ3v) is 5.20. The highest BCUT2D eigenvalue weighted by Crippen LogP contribution is 2.40. The summed E-state index contributed by atoms with van der Waals surface area (Å²) in [6.45, 7) is 9.34. The van der Waals surface area contributed by atoms with Crippen LogP contribution in [0, 0.1) is 17.3 Å². The molecule has 3 unspecified atom stereocenters. The highest BCUT2D eigenvalue weighted by atomic mass is 14.7. The number of rotatable bonds is 3. The lowest BCUT2D eigenvalue weighted by atomic mass is 9.66. The van der Waals surface area contributed by atoms with Crippen LogP contribution < -0.4 is 5.73 Å². The normalized spacial score (nSPS) is 27.6. The Balaban J connectivity index is 2.02. The van der Waals surface area contributed by atoms with Crippen LogP contribution in [0.25, 0.3) is 0 Å². The highest BCUT2D eigenvalue weighted by Gasteiger charge is 2.34. The van der Waals surface area contributed by atoms with Gasteiger partial charge in [-0.1, -0.05) is 52.0 Å². The van der Waals surface area contributed by atoms with E-state index in [1.54, 1.807) is 0 Å². The minimum atomic E-state index is 0.388. The van der Waals surface area contributed by atoms with Crippen molar-refractivity contribution < 1.29 is 0 Å². The zero-order valence-electron chi connectivity index (χ0n) is 13.7. The summed E-state index contributed by atoms with van der Waals surface area (Å²) in [6, 6.07) is 9.52. The largest absolute Gasteiger partial charge is 0.327 e. The average Bonchev–Trinajstić information content (AvgIpc) is 2.41. The Hall–Kier alpha value is -0.820. The summed E-state index contributed by atoms with van der Waals surface area (Å²) in [6.07, 6.45) is 6.06. The molecule has 0 amide bonds. The molecule has 0 bridgehead atoms. The van der Waals surface area contributed by atoms with E-state index in [9.17, 15) is 0 Å². The Labute approximate surface area is 125 Å². The van der Waals surface area contributed by atoms with Gasteiger partial charge >= 0.3 is 0 Å². The van der Waals surface area contributed by atoms with Crippen molar-refractivity contribution in [2.45, 2.75) is 65.8 Å². The standard InChI is InChI=1S/C19H31N/c1-5-14-6-8-15(9-7-14)12-16-13-17(19(2,3)4)10-11-18(16)20/h6-9,16-18H,5,10-13,20H2,1-4H3. The van der Waals surface area contributed by atoms with Crippen LogP contribution in [-0.2, 0) is 12.8 Å². The quantitative estimate of drug-likeness (QED) is 0.857. The molecule has 2 rings (SSSR count). The number of nitrogens with two attached hydrogens (primary N) is 1. The van der Waals surface area contributed by atoms with Crippen LogP contribution in [0.4, 0.5) is 0 Å². The summed E-state index contributed by atoms with van der Waals surface area (Å²) < 4.78 is 0. The first-order valence-electron chi connectivity index (χ1n) is 8.23. The summed E-state index contributed by atoms with van der Waals surface area (Å²) in [4.78, 5) is 0. The van der Waals surface area contributed by atoms with Gasteiger partial charge in [-0.25, -0.2) is 0 Å². The summed E-state index contributed by atoms with van der Waals surface area (Å²) in [5.41, 5.74) is 9.69. The van der Waals surface area contributed by atoms with Gasteiger partial charge in [-0.3, -0.25) is 0 Å². The Morgan fingerprint density at radius 1 is 1.05 bits per heavy atom. The molecule has 0 saturated heterocycles. The lowest BCUT2D eigenvalue weighted by molar-refractivity contribution is 0.127. The fraction of sp³-hybridized carbons (Fsp3) is 0.684. The van der Waals surface area contributed by atoms with Crippen LogP contribution in [0.3, 0.4) is 0 Å². The van der Waals surface area contributed by atoms with Crippen LogP contribution in [0.1, 0.15) is 58.1 Å². The van der Waals surface area contributed by atoms with E-state index in [0.29, 0.717) is 17.4 Å². The summed E-state index contributed by atoms with van der Waals surface area (Å²) >= 11 is 0. The van der Waals surface area contributed by atoms with Crippen molar-refractivity contribution in [3.8, 4) is 0 Å². The van der Waals surface area contributed by atoms with Crippen LogP contribution in [0.2, 0.25) is 0 Å². The van der Waals surface area contributed by atoms with Crippen molar-refractivity contribution in [2.75, 3.05) is 0 Å². The van der Waals surface area contributed by atoms with Crippen molar-refractivity contribution >= 4 is 0 Å². The van der Waals surface area contributed by atoms with Crippen LogP contribution in [0.5, 0.6) is 0 Å². The lowest BCUT2D eigenvalue weighted by Gasteiger charge is -2.40. The number of hydrogen-bond acceptors (Lipinski definition) is 1. The molecule has 2 N–H and O–H groups in total. The molecular formula is C19H31N. The zero-order chi connectivity index (χ0) is 14.8. The Morgan fingerprint density at radius 2 is 1.65 bits per heavy atom. The third kappa shape index (κ3) is 3.85. The molecule has 0 heterocycles. The van der Waals surface area contributed by atoms with Crippen LogP contribution in [-0.4, -0.2) is 6.04 Å². The Morgan fingerprint density at radius 3 is 2.20 bits per heavy atom. The first-order valence-corrected chi connectivity index (χ1v) is 8.23. The molecule has 1 aliphatic carbocycles. The predicted octanol–water partition coefficient (Wildman–Crippen LogP) is 4.58. The van der Waals surface area contributed by atoms with Gasteiger partial charge < -0.3 is 5.73 Å². The fourth-order valence-corrected chi connectivity index (χ4v) is 3.52. The van der Waals surface area contributed by atoms with Gasteiger partial charge in [0.2, 0.25) is 0 Å². The van der Waals surface area contributed by atoms with E-state index >= 15 is 0 Å². The molecule has 20 heavy (non-hydrogen) atoms. The zero-order valence-corrected chi connectivity index (χ0v) is 13.7. The highest BCUT2D eigenvalue weighted by molar-refractivity contribution is 5.23. The topological polar surface area (TPSA) is 26.0 Å². The van der Waals surface area contributed by atoms with Crippen molar-refractivity contribution in [1.82, 2.24) is 0 Å². The van der Waals surface area contributed by atoms with E-state index in [1.165, 1.54) is 30.4 Å². The number of aryl methyl sites for hydroxylation is 1. The smallest absolute Gasteiger partial charge is 0.00705 e. The van der Waals surface area contributed by atoms with E-state index in [1.807, 2.05) is 0 Å². The molecule has 1 heteroatoms. The molecule has 0 radical (unpaired) electrons. The molecule has 1 saturated carbocycles. The van der Waals surface area contributed by atoms with Crippen molar-refractivity contribution in [3.05, 3.63) is 35.4 Å². The first-order chi connectivity index (χ1) is 9.40. The molecule has 112 valence electrons. The number of benzene rings is 1. The predicted molar refractivity (Wildman–Crippen MR) is 87.8 cm³/mol. The van der Waals surface area contributed by atoms with Crippen molar-refractivity contribution in [3.63, 3.8) is 0 Å². The van der Waals surface area contributed by atoms with Crippen LogP contribution >= 0.6 is 0 Å². The van der Waals surface area contributed by atoms with E-state index < -0.39 is 0 Å². The van der Waals surface area contributed by atoms with E-state index in [0.717, 1.165) is 18.8 Å². The third-order valence-electron chi connectivity index (χ3n) is 5.20. The monoisotopic (exact) mass is 273 g/mol. The maximum Gasteiger partial charge on any atom is 0.00705 e. The Kier molecular flexibility index (Phi) is 4.90.